The first-order valence-electron chi connectivity index (χ1n) is 13.1. The maximum Gasteiger partial charge on any atom is 0.258 e. The fraction of sp³-hybridized carbons (Fsp3) is 0.290. The van der Waals surface area contributed by atoms with Gasteiger partial charge in [0, 0.05) is 15.8 Å². The van der Waals surface area contributed by atoms with E-state index < -0.39 is 0 Å². The molecule has 8 heteroatoms. The number of ether oxygens (including phenoxy) is 1. The number of anilines is 1. The Morgan fingerprint density at radius 2 is 2.05 bits per heavy atom. The molecule has 2 aromatic heterocycles. The average Bonchev–Trinajstić information content (AvgIpc) is 3.26. The number of rotatable bonds is 6. The number of hydrogen-bond donors (Lipinski definition) is 2. The fourth-order valence-corrected chi connectivity index (χ4v) is 6.41. The molecular formula is C31H30N4O2S2. The minimum Gasteiger partial charge on any atom is -0.493 e. The second kappa shape index (κ2) is 11.5. The quantitative estimate of drug-likeness (QED) is 0.247. The Hall–Kier alpha value is -3.80. The normalized spacial score (nSPS) is 14.5. The van der Waals surface area contributed by atoms with Crippen LogP contribution in [-0.4, -0.2) is 22.6 Å². The number of para-hydroxylation sites is 1. The first kappa shape index (κ1) is 26.8. The van der Waals surface area contributed by atoms with Gasteiger partial charge in [-0.1, -0.05) is 51.1 Å². The van der Waals surface area contributed by atoms with Crippen LogP contribution in [0.15, 0.2) is 54.6 Å². The van der Waals surface area contributed by atoms with Crippen LogP contribution in [-0.2, 0) is 12.8 Å². The smallest absolute Gasteiger partial charge is 0.258 e. The van der Waals surface area contributed by atoms with Crippen LogP contribution in [0.4, 0.5) is 5.00 Å². The Kier molecular flexibility index (Phi) is 7.92. The second-order valence-corrected chi connectivity index (χ2v) is 11.9. The Labute approximate surface area is 238 Å². The lowest BCUT2D eigenvalue weighted by molar-refractivity contribution is 0.0979. The Morgan fingerprint density at radius 3 is 2.85 bits per heavy atom. The molecule has 39 heavy (non-hydrogen) atoms. The van der Waals surface area contributed by atoms with E-state index in [-0.39, 0.29) is 11.0 Å². The van der Waals surface area contributed by atoms with Crippen LogP contribution >= 0.6 is 23.6 Å². The molecule has 1 unspecified atom stereocenters. The number of nitrogens with zero attached hydrogens (tertiary/aromatic N) is 2. The summed E-state index contributed by atoms with van der Waals surface area (Å²) in [6.45, 7) is 7.06. The van der Waals surface area contributed by atoms with Crippen molar-refractivity contribution in [1.29, 1.82) is 5.26 Å². The fourth-order valence-electron chi connectivity index (χ4n) is 4.78. The molecule has 0 aliphatic heterocycles. The highest BCUT2D eigenvalue weighted by Crippen LogP contribution is 2.39. The number of thiocarbonyl (C=S) groups is 1. The molecule has 1 aliphatic rings. The van der Waals surface area contributed by atoms with E-state index in [0.717, 1.165) is 41.5 Å². The highest BCUT2D eigenvalue weighted by atomic mass is 32.1. The molecule has 0 fully saturated rings. The third-order valence-electron chi connectivity index (χ3n) is 6.75. The van der Waals surface area contributed by atoms with Crippen molar-refractivity contribution in [1.82, 2.24) is 10.3 Å². The van der Waals surface area contributed by atoms with Crippen molar-refractivity contribution < 1.29 is 9.53 Å². The summed E-state index contributed by atoms with van der Waals surface area (Å²) >= 11 is 7.08. The van der Waals surface area contributed by atoms with Gasteiger partial charge in [0.15, 0.2) is 5.11 Å². The largest absolute Gasteiger partial charge is 0.493 e. The van der Waals surface area contributed by atoms with Crippen LogP contribution in [0.2, 0.25) is 0 Å². The first-order valence-corrected chi connectivity index (χ1v) is 14.3. The third-order valence-corrected chi connectivity index (χ3v) is 8.13. The molecule has 2 N–H and O–H groups in total. The number of nitriles is 1. The molecule has 0 radical (unpaired) electrons. The minimum absolute atomic E-state index is 0.162. The van der Waals surface area contributed by atoms with Gasteiger partial charge >= 0.3 is 0 Å². The molecule has 4 aromatic rings. The zero-order valence-corrected chi connectivity index (χ0v) is 23.8. The van der Waals surface area contributed by atoms with E-state index in [2.05, 4.69) is 37.5 Å². The average molecular weight is 555 g/mol. The van der Waals surface area contributed by atoms with Gasteiger partial charge in [-0.3, -0.25) is 10.1 Å². The molecule has 0 spiro atoms. The van der Waals surface area contributed by atoms with E-state index in [1.54, 1.807) is 17.4 Å². The maximum absolute atomic E-state index is 13.5. The summed E-state index contributed by atoms with van der Waals surface area (Å²) in [4.78, 5) is 19.6. The molecule has 5 rings (SSSR count). The highest BCUT2D eigenvalue weighted by molar-refractivity contribution is 7.80. The number of carbonyl (C=O) groups is 1. The Balaban J connectivity index is 1.41. The number of carbonyl (C=O) groups excluding carboxylic acids is 1. The van der Waals surface area contributed by atoms with Crippen molar-refractivity contribution in [3.05, 3.63) is 76.2 Å². The highest BCUT2D eigenvalue weighted by Gasteiger charge is 2.25. The van der Waals surface area contributed by atoms with Crippen molar-refractivity contribution in [3.8, 4) is 23.1 Å². The summed E-state index contributed by atoms with van der Waals surface area (Å²) < 4.78 is 5.90. The van der Waals surface area contributed by atoms with E-state index in [4.69, 9.17) is 21.9 Å². The molecule has 1 aliphatic carbocycles. The number of amides is 1. The predicted octanol–water partition coefficient (Wildman–Crippen LogP) is 7.12. The summed E-state index contributed by atoms with van der Waals surface area (Å²) in [7, 11) is 0. The van der Waals surface area contributed by atoms with E-state index in [1.165, 1.54) is 4.88 Å². The van der Waals surface area contributed by atoms with Gasteiger partial charge in [-0.15, -0.1) is 11.3 Å². The standard InChI is InChI=1S/C31H30N4O2S2/c1-18(2)17-37-21-8-6-7-20(14-21)27-15-24(22-9-4-5-10-26(22)33-27)29(36)34-31(38)35-30-25(16-32)23-12-11-19(3)13-28(23)39-30/h4-10,14-15,18-19H,11-13,17H2,1-3H3,(H2,34,35,36,38). The van der Waals surface area contributed by atoms with Gasteiger partial charge in [-0.25, -0.2) is 4.98 Å². The molecule has 1 amide bonds. The summed E-state index contributed by atoms with van der Waals surface area (Å²) in [6.07, 6.45) is 2.93. The van der Waals surface area contributed by atoms with Gasteiger partial charge in [0.1, 0.15) is 16.8 Å². The lowest BCUT2D eigenvalue weighted by Gasteiger charge is -2.17. The van der Waals surface area contributed by atoms with E-state index in [9.17, 15) is 10.1 Å². The molecule has 0 saturated heterocycles. The molecule has 1 atom stereocenters. The lowest BCUT2D eigenvalue weighted by Crippen LogP contribution is -2.34. The van der Waals surface area contributed by atoms with Gasteiger partial charge in [-0.2, -0.15) is 5.26 Å². The SMILES string of the molecule is CC(C)COc1cccc(-c2cc(C(=O)NC(=S)Nc3sc4c(c3C#N)CCC(C)C4)c3ccccc3n2)c1. The summed E-state index contributed by atoms with van der Waals surface area (Å²) in [5.41, 5.74) is 4.44. The maximum atomic E-state index is 13.5. The van der Waals surface area contributed by atoms with Crippen molar-refractivity contribution >= 4 is 50.5 Å². The van der Waals surface area contributed by atoms with Crippen LogP contribution in [0.5, 0.6) is 5.75 Å². The van der Waals surface area contributed by atoms with Crippen LogP contribution in [0.1, 0.15) is 53.6 Å². The summed E-state index contributed by atoms with van der Waals surface area (Å²) in [5.74, 6) is 1.42. The van der Waals surface area contributed by atoms with Gasteiger partial charge in [0.2, 0.25) is 0 Å². The van der Waals surface area contributed by atoms with Crippen molar-refractivity contribution in [2.75, 3.05) is 11.9 Å². The number of nitrogens with one attached hydrogen (secondary N) is 2. The monoisotopic (exact) mass is 554 g/mol. The van der Waals surface area contributed by atoms with E-state index >= 15 is 0 Å². The molecule has 0 bridgehead atoms. The number of thiophene rings is 1. The van der Waals surface area contributed by atoms with Gasteiger partial charge in [0.05, 0.1) is 28.9 Å². The molecule has 2 aromatic carbocycles. The van der Waals surface area contributed by atoms with Crippen molar-refractivity contribution in [2.24, 2.45) is 11.8 Å². The van der Waals surface area contributed by atoms with Crippen molar-refractivity contribution in [2.45, 2.75) is 40.0 Å². The van der Waals surface area contributed by atoms with Crippen LogP contribution in [0.3, 0.4) is 0 Å². The minimum atomic E-state index is -0.340. The number of fused-ring (bicyclic) bond motifs is 2. The molecule has 0 saturated carbocycles. The van der Waals surface area contributed by atoms with Crippen molar-refractivity contribution in [3.63, 3.8) is 0 Å². The third kappa shape index (κ3) is 5.95. The first-order chi connectivity index (χ1) is 18.8. The van der Waals surface area contributed by atoms with Gasteiger partial charge in [0.25, 0.3) is 5.91 Å². The number of pyridine rings is 1. The summed E-state index contributed by atoms with van der Waals surface area (Å²) in [5, 5.41) is 17.3. The van der Waals surface area contributed by atoms with Crippen LogP contribution in [0, 0.1) is 23.2 Å². The number of hydrogen-bond acceptors (Lipinski definition) is 6. The van der Waals surface area contributed by atoms with E-state index in [1.807, 2.05) is 48.5 Å². The van der Waals surface area contributed by atoms with E-state index in [0.29, 0.717) is 45.8 Å². The van der Waals surface area contributed by atoms with Crippen LogP contribution in [0.25, 0.3) is 22.2 Å². The van der Waals surface area contributed by atoms with Gasteiger partial charge in [-0.05, 0) is 73.1 Å². The lowest BCUT2D eigenvalue weighted by atomic mass is 9.89. The zero-order chi connectivity index (χ0) is 27.5. The van der Waals surface area contributed by atoms with Gasteiger partial charge < -0.3 is 10.1 Å². The molecule has 6 nitrogen and oxygen atoms in total. The Bertz CT molecular complexity index is 1600. The molecule has 198 valence electrons. The number of benzene rings is 2. The predicted molar refractivity (Wildman–Crippen MR) is 161 cm³/mol. The second-order valence-electron chi connectivity index (χ2n) is 10.4. The summed E-state index contributed by atoms with van der Waals surface area (Å²) in [6, 6.07) is 19.4. The molecular weight excluding hydrogens is 525 g/mol. The zero-order valence-electron chi connectivity index (χ0n) is 22.2. The number of aromatic nitrogens is 1. The van der Waals surface area contributed by atoms with Crippen LogP contribution < -0.4 is 15.4 Å². The molecule has 2 heterocycles. The Morgan fingerprint density at radius 1 is 1.23 bits per heavy atom. The topological polar surface area (TPSA) is 87.0 Å².